The number of amides is 2. The van der Waals surface area contributed by atoms with Crippen LogP contribution in [0.25, 0.3) is 0 Å². The summed E-state index contributed by atoms with van der Waals surface area (Å²) >= 11 is 9.14. The van der Waals surface area contributed by atoms with E-state index in [1.165, 1.54) is 32.0 Å². The lowest BCUT2D eigenvalue weighted by molar-refractivity contribution is -0.135. The van der Waals surface area contributed by atoms with Crippen LogP contribution in [0.3, 0.4) is 0 Å². The van der Waals surface area contributed by atoms with Crippen LogP contribution in [-0.4, -0.2) is 24.0 Å². The number of rotatable bonds is 6. The minimum Gasteiger partial charge on any atom is -0.480 e. The standard InChI is InChI=1S/C18H17BrClFN2O4/c1-10(26-15-8-7-12(20)9-13(15)19)17(24)22-23-18(25)11(2)27-16-6-4-3-5-14(16)21/h3-11H,1-2H3,(H,22,24)(H,23,25). The second-order valence-electron chi connectivity index (χ2n) is 5.50. The molecule has 2 unspecified atom stereocenters. The van der Waals surface area contributed by atoms with Crippen molar-refractivity contribution in [1.29, 1.82) is 0 Å². The maximum absolute atomic E-state index is 13.5. The van der Waals surface area contributed by atoms with Crippen LogP contribution in [0.2, 0.25) is 5.02 Å². The van der Waals surface area contributed by atoms with Crippen LogP contribution in [0, 0.1) is 5.82 Å². The second-order valence-corrected chi connectivity index (χ2v) is 6.79. The predicted molar refractivity (Wildman–Crippen MR) is 102 cm³/mol. The summed E-state index contributed by atoms with van der Waals surface area (Å²) in [5, 5.41) is 0.516. The summed E-state index contributed by atoms with van der Waals surface area (Å²) in [6.45, 7) is 2.94. The highest BCUT2D eigenvalue weighted by molar-refractivity contribution is 9.10. The summed E-state index contributed by atoms with van der Waals surface area (Å²) in [6.07, 6.45) is -1.92. The van der Waals surface area contributed by atoms with Crippen molar-refractivity contribution in [3.05, 3.63) is 57.8 Å². The molecule has 0 aliphatic rings. The van der Waals surface area contributed by atoms with Gasteiger partial charge in [0.1, 0.15) is 5.75 Å². The van der Waals surface area contributed by atoms with Crippen molar-refractivity contribution in [1.82, 2.24) is 10.9 Å². The molecule has 0 radical (unpaired) electrons. The molecule has 2 atom stereocenters. The van der Waals surface area contributed by atoms with E-state index in [0.29, 0.717) is 15.2 Å². The Kier molecular flexibility index (Phi) is 7.44. The van der Waals surface area contributed by atoms with Crippen LogP contribution in [0.1, 0.15) is 13.8 Å². The molecule has 2 N–H and O–H groups in total. The molecule has 0 fully saturated rings. The summed E-state index contributed by atoms with van der Waals surface area (Å²) in [5.74, 6) is -1.45. The zero-order valence-corrected chi connectivity index (χ0v) is 16.8. The molecule has 144 valence electrons. The molecule has 27 heavy (non-hydrogen) atoms. The van der Waals surface area contributed by atoms with E-state index in [0.717, 1.165) is 0 Å². The largest absolute Gasteiger partial charge is 0.480 e. The van der Waals surface area contributed by atoms with Gasteiger partial charge in [0.2, 0.25) is 0 Å². The van der Waals surface area contributed by atoms with Crippen molar-refractivity contribution >= 4 is 39.3 Å². The zero-order valence-electron chi connectivity index (χ0n) is 14.5. The maximum atomic E-state index is 13.5. The molecule has 0 spiro atoms. The van der Waals surface area contributed by atoms with Gasteiger partial charge in [0.05, 0.1) is 4.47 Å². The average molecular weight is 460 g/mol. The van der Waals surface area contributed by atoms with Gasteiger partial charge >= 0.3 is 0 Å². The average Bonchev–Trinajstić information content (AvgIpc) is 2.63. The number of hydrogen-bond donors (Lipinski definition) is 2. The van der Waals surface area contributed by atoms with Crippen LogP contribution in [0.15, 0.2) is 46.9 Å². The van der Waals surface area contributed by atoms with Crippen molar-refractivity contribution in [2.75, 3.05) is 0 Å². The summed E-state index contributed by atoms with van der Waals surface area (Å²) < 4.78 is 24.9. The Hall–Kier alpha value is -2.32. The van der Waals surface area contributed by atoms with Gasteiger partial charge < -0.3 is 9.47 Å². The Bertz CT molecular complexity index is 837. The second kappa shape index (κ2) is 9.57. The van der Waals surface area contributed by atoms with E-state index in [4.69, 9.17) is 21.1 Å². The molecular weight excluding hydrogens is 443 g/mol. The van der Waals surface area contributed by atoms with Gasteiger partial charge in [-0.2, -0.15) is 0 Å². The fourth-order valence-corrected chi connectivity index (χ4v) is 2.70. The lowest BCUT2D eigenvalue weighted by atomic mass is 10.3. The molecule has 0 aliphatic carbocycles. The fourth-order valence-electron chi connectivity index (χ4n) is 1.93. The van der Waals surface area contributed by atoms with E-state index in [1.54, 1.807) is 24.3 Å². The van der Waals surface area contributed by atoms with Crippen molar-refractivity contribution < 1.29 is 23.5 Å². The first kappa shape index (κ1) is 21.0. The first-order valence-electron chi connectivity index (χ1n) is 7.90. The third-order valence-electron chi connectivity index (χ3n) is 3.39. The molecular formula is C18H17BrClFN2O4. The summed E-state index contributed by atoms with van der Waals surface area (Å²) in [5.41, 5.74) is 4.45. The topological polar surface area (TPSA) is 76.7 Å². The van der Waals surface area contributed by atoms with Crippen LogP contribution in [-0.2, 0) is 9.59 Å². The van der Waals surface area contributed by atoms with E-state index in [1.807, 2.05) is 0 Å². The van der Waals surface area contributed by atoms with Crippen LogP contribution in [0.5, 0.6) is 11.5 Å². The molecule has 6 nitrogen and oxygen atoms in total. The number of benzene rings is 2. The molecule has 0 bridgehead atoms. The van der Waals surface area contributed by atoms with Gasteiger partial charge in [-0.15, -0.1) is 0 Å². The summed E-state index contributed by atoms with van der Waals surface area (Å²) in [4.78, 5) is 24.1. The van der Waals surface area contributed by atoms with Gasteiger partial charge in [0.15, 0.2) is 23.8 Å². The van der Waals surface area contributed by atoms with E-state index < -0.39 is 29.8 Å². The first-order chi connectivity index (χ1) is 12.8. The van der Waals surface area contributed by atoms with E-state index in [2.05, 4.69) is 26.8 Å². The molecule has 0 saturated carbocycles. The maximum Gasteiger partial charge on any atom is 0.279 e. The lowest BCUT2D eigenvalue weighted by Gasteiger charge is -2.18. The Morgan fingerprint density at radius 3 is 2.11 bits per heavy atom. The number of hydrogen-bond acceptors (Lipinski definition) is 4. The van der Waals surface area contributed by atoms with Crippen molar-refractivity contribution in [2.45, 2.75) is 26.1 Å². The molecule has 0 aromatic heterocycles. The van der Waals surface area contributed by atoms with E-state index >= 15 is 0 Å². The Balaban J connectivity index is 1.84. The van der Waals surface area contributed by atoms with Crippen LogP contribution in [0.4, 0.5) is 4.39 Å². The minimum atomic E-state index is -1.02. The highest BCUT2D eigenvalue weighted by atomic mass is 79.9. The van der Waals surface area contributed by atoms with E-state index in [-0.39, 0.29) is 5.75 Å². The monoisotopic (exact) mass is 458 g/mol. The Labute approximate surface area is 169 Å². The SMILES string of the molecule is CC(Oc1ccccc1F)C(=O)NNC(=O)C(C)Oc1ccc(Cl)cc1Br. The third kappa shape index (κ3) is 6.11. The van der Waals surface area contributed by atoms with Crippen molar-refractivity contribution in [2.24, 2.45) is 0 Å². The molecule has 2 rings (SSSR count). The van der Waals surface area contributed by atoms with Gasteiger partial charge in [-0.1, -0.05) is 23.7 Å². The lowest BCUT2D eigenvalue weighted by Crippen LogP contribution is -2.50. The number of ether oxygens (including phenoxy) is 2. The molecule has 2 aromatic carbocycles. The number of para-hydroxylation sites is 1. The van der Waals surface area contributed by atoms with Crippen LogP contribution >= 0.6 is 27.5 Å². The molecule has 0 aliphatic heterocycles. The fraction of sp³-hybridized carbons (Fsp3) is 0.222. The predicted octanol–water partition coefficient (Wildman–Crippen LogP) is 3.62. The molecule has 0 saturated heterocycles. The first-order valence-corrected chi connectivity index (χ1v) is 9.07. The third-order valence-corrected chi connectivity index (χ3v) is 4.24. The molecule has 9 heteroatoms. The normalized spacial score (nSPS) is 12.6. The van der Waals surface area contributed by atoms with Gasteiger partial charge in [0, 0.05) is 5.02 Å². The highest BCUT2D eigenvalue weighted by Crippen LogP contribution is 2.28. The molecule has 2 aromatic rings. The Morgan fingerprint density at radius 2 is 1.56 bits per heavy atom. The van der Waals surface area contributed by atoms with E-state index in [9.17, 15) is 14.0 Å². The highest BCUT2D eigenvalue weighted by Gasteiger charge is 2.20. The van der Waals surface area contributed by atoms with Gasteiger partial charge in [0.25, 0.3) is 11.8 Å². The molecule has 2 amide bonds. The number of hydrazine groups is 1. The van der Waals surface area contributed by atoms with Gasteiger partial charge in [-0.05, 0) is 60.1 Å². The number of carbonyl (C=O) groups excluding carboxylic acids is 2. The van der Waals surface area contributed by atoms with Crippen molar-refractivity contribution in [3.8, 4) is 11.5 Å². The smallest absolute Gasteiger partial charge is 0.279 e. The number of halogens is 3. The summed E-state index contributed by atoms with van der Waals surface area (Å²) in [6, 6.07) is 10.6. The van der Waals surface area contributed by atoms with Crippen LogP contribution < -0.4 is 20.3 Å². The van der Waals surface area contributed by atoms with Gasteiger partial charge in [-0.3, -0.25) is 20.4 Å². The van der Waals surface area contributed by atoms with Crippen molar-refractivity contribution in [3.63, 3.8) is 0 Å². The summed E-state index contributed by atoms with van der Waals surface area (Å²) in [7, 11) is 0. The minimum absolute atomic E-state index is 0.0595. The molecule has 0 heterocycles. The van der Waals surface area contributed by atoms with Gasteiger partial charge in [-0.25, -0.2) is 4.39 Å². The zero-order chi connectivity index (χ0) is 20.0. The number of nitrogens with one attached hydrogen (secondary N) is 2. The Morgan fingerprint density at radius 1 is 1.00 bits per heavy atom. The number of carbonyl (C=O) groups is 2. The quantitative estimate of drug-likeness (QED) is 0.647.